The van der Waals surface area contributed by atoms with Gasteiger partial charge in [-0.25, -0.2) is 0 Å². The summed E-state index contributed by atoms with van der Waals surface area (Å²) in [5.74, 6) is 0. The minimum absolute atomic E-state index is 0.326. The number of nitrogens with two attached hydrogens (primary N) is 1. The second-order valence-electron chi connectivity index (χ2n) is 6.72. The number of aliphatic hydroxyl groups is 1. The molecule has 0 aromatic heterocycles. The highest BCUT2D eigenvalue weighted by Crippen LogP contribution is 2.26. The third-order valence-corrected chi connectivity index (χ3v) is 5.11. The van der Waals surface area contributed by atoms with Crippen LogP contribution in [-0.2, 0) is 12.8 Å². The van der Waals surface area contributed by atoms with Gasteiger partial charge in [0.25, 0.3) is 0 Å². The predicted octanol–water partition coefficient (Wildman–Crippen LogP) is 2.41. The maximum absolute atomic E-state index is 10.5. The van der Waals surface area contributed by atoms with E-state index in [1.165, 1.54) is 36.8 Å². The van der Waals surface area contributed by atoms with Crippen molar-refractivity contribution >= 4 is 0 Å². The maximum atomic E-state index is 10.5. The first-order valence-corrected chi connectivity index (χ1v) is 8.50. The van der Waals surface area contributed by atoms with E-state index in [2.05, 4.69) is 23.1 Å². The van der Waals surface area contributed by atoms with E-state index >= 15 is 0 Å². The van der Waals surface area contributed by atoms with Gasteiger partial charge >= 0.3 is 0 Å². The van der Waals surface area contributed by atoms with Crippen LogP contribution < -0.4 is 5.73 Å². The number of rotatable bonds is 4. The topological polar surface area (TPSA) is 49.5 Å². The summed E-state index contributed by atoms with van der Waals surface area (Å²) >= 11 is 0. The normalized spacial score (nSPS) is 22.0. The molecule has 0 spiro atoms. The van der Waals surface area contributed by atoms with Crippen LogP contribution in [0.3, 0.4) is 0 Å². The number of nitrogens with zero attached hydrogens (tertiary/aromatic N) is 1. The second kappa shape index (κ2) is 6.91. The molecule has 1 heterocycles. The standard InChI is InChI=1S/C18H28N2O/c19-17-7-10-20(11-8-17)12-9-18(21)16-6-5-14-3-1-2-4-15(14)13-16/h5-6,13,17-18,21H,1-4,7-12,19H2. The molecule has 0 amide bonds. The second-order valence-corrected chi connectivity index (χ2v) is 6.72. The van der Waals surface area contributed by atoms with Gasteiger partial charge in [0.05, 0.1) is 6.10 Å². The number of aryl methyl sites for hydroxylation is 2. The van der Waals surface area contributed by atoms with Crippen LogP contribution in [0, 0.1) is 0 Å². The average Bonchev–Trinajstić information content (AvgIpc) is 2.53. The Balaban J connectivity index is 1.54. The fourth-order valence-electron chi connectivity index (χ4n) is 3.61. The van der Waals surface area contributed by atoms with E-state index in [1.54, 1.807) is 0 Å². The molecule has 3 nitrogen and oxygen atoms in total. The van der Waals surface area contributed by atoms with Crippen molar-refractivity contribution in [3.63, 3.8) is 0 Å². The molecule has 0 radical (unpaired) electrons. The van der Waals surface area contributed by atoms with Gasteiger partial charge in [-0.1, -0.05) is 18.2 Å². The number of hydrogen-bond acceptors (Lipinski definition) is 3. The molecule has 1 unspecified atom stereocenters. The van der Waals surface area contributed by atoms with Crippen LogP contribution in [0.15, 0.2) is 18.2 Å². The Labute approximate surface area is 128 Å². The quantitative estimate of drug-likeness (QED) is 0.894. The molecular formula is C18H28N2O. The number of aliphatic hydroxyl groups excluding tert-OH is 1. The number of benzene rings is 1. The van der Waals surface area contributed by atoms with Crippen LogP contribution in [0.2, 0.25) is 0 Å². The van der Waals surface area contributed by atoms with E-state index < -0.39 is 0 Å². The number of piperidine rings is 1. The number of likely N-dealkylation sites (tertiary alicyclic amines) is 1. The van der Waals surface area contributed by atoms with Gasteiger partial charge < -0.3 is 15.7 Å². The van der Waals surface area contributed by atoms with E-state index in [-0.39, 0.29) is 6.10 Å². The monoisotopic (exact) mass is 288 g/mol. The van der Waals surface area contributed by atoms with Crippen LogP contribution in [0.5, 0.6) is 0 Å². The Kier molecular flexibility index (Phi) is 4.94. The van der Waals surface area contributed by atoms with E-state index in [4.69, 9.17) is 5.73 Å². The van der Waals surface area contributed by atoms with Crippen molar-refractivity contribution in [1.29, 1.82) is 0 Å². The molecule has 1 aromatic carbocycles. The lowest BCUT2D eigenvalue weighted by molar-refractivity contribution is 0.131. The van der Waals surface area contributed by atoms with Crippen molar-refractivity contribution in [3.8, 4) is 0 Å². The van der Waals surface area contributed by atoms with Crippen LogP contribution in [0.4, 0.5) is 0 Å². The number of hydrogen-bond donors (Lipinski definition) is 2. The summed E-state index contributed by atoms with van der Waals surface area (Å²) < 4.78 is 0. The molecule has 116 valence electrons. The molecule has 1 aliphatic carbocycles. The summed E-state index contributed by atoms with van der Waals surface area (Å²) in [6, 6.07) is 6.98. The highest BCUT2D eigenvalue weighted by Gasteiger charge is 2.18. The first-order chi connectivity index (χ1) is 10.2. The van der Waals surface area contributed by atoms with Crippen LogP contribution in [-0.4, -0.2) is 35.7 Å². The van der Waals surface area contributed by atoms with Crippen molar-refractivity contribution in [2.75, 3.05) is 19.6 Å². The SMILES string of the molecule is NC1CCN(CCC(O)c2ccc3c(c2)CCCC3)CC1. The minimum atomic E-state index is -0.326. The van der Waals surface area contributed by atoms with Gasteiger partial charge in [-0.2, -0.15) is 0 Å². The average molecular weight is 288 g/mol. The van der Waals surface area contributed by atoms with E-state index in [0.29, 0.717) is 6.04 Å². The molecule has 1 aliphatic heterocycles. The largest absolute Gasteiger partial charge is 0.388 e. The molecule has 1 aromatic rings. The van der Waals surface area contributed by atoms with Crippen LogP contribution in [0.25, 0.3) is 0 Å². The Bertz CT molecular complexity index is 466. The molecule has 3 N–H and O–H groups in total. The smallest absolute Gasteiger partial charge is 0.0802 e. The Hall–Kier alpha value is -0.900. The first-order valence-electron chi connectivity index (χ1n) is 8.50. The summed E-state index contributed by atoms with van der Waals surface area (Å²) in [6.45, 7) is 3.14. The highest BCUT2D eigenvalue weighted by atomic mass is 16.3. The van der Waals surface area contributed by atoms with Gasteiger partial charge in [0, 0.05) is 12.6 Å². The van der Waals surface area contributed by atoms with Gasteiger partial charge in [-0.15, -0.1) is 0 Å². The van der Waals surface area contributed by atoms with Crippen LogP contribution in [0.1, 0.15) is 54.9 Å². The summed E-state index contributed by atoms with van der Waals surface area (Å²) in [4.78, 5) is 2.44. The van der Waals surface area contributed by atoms with E-state index in [0.717, 1.165) is 44.5 Å². The maximum Gasteiger partial charge on any atom is 0.0802 e. The lowest BCUT2D eigenvalue weighted by Gasteiger charge is -2.30. The summed E-state index contributed by atoms with van der Waals surface area (Å²) in [5, 5.41) is 10.5. The molecule has 3 rings (SSSR count). The van der Waals surface area contributed by atoms with Crippen LogP contribution >= 0.6 is 0 Å². The molecule has 3 heteroatoms. The summed E-state index contributed by atoms with van der Waals surface area (Å²) in [7, 11) is 0. The van der Waals surface area contributed by atoms with Gasteiger partial charge in [0.2, 0.25) is 0 Å². The molecule has 2 aliphatic rings. The minimum Gasteiger partial charge on any atom is -0.388 e. The lowest BCUT2D eigenvalue weighted by Crippen LogP contribution is -2.40. The van der Waals surface area contributed by atoms with Crippen molar-refractivity contribution in [1.82, 2.24) is 4.90 Å². The molecule has 1 fully saturated rings. The zero-order valence-electron chi connectivity index (χ0n) is 12.9. The molecule has 21 heavy (non-hydrogen) atoms. The lowest BCUT2D eigenvalue weighted by atomic mass is 9.89. The Morgan fingerprint density at radius 2 is 1.86 bits per heavy atom. The zero-order chi connectivity index (χ0) is 14.7. The van der Waals surface area contributed by atoms with E-state index in [1.807, 2.05) is 0 Å². The fraction of sp³-hybridized carbons (Fsp3) is 0.667. The third-order valence-electron chi connectivity index (χ3n) is 5.11. The first kappa shape index (κ1) is 15.0. The molecule has 0 saturated carbocycles. The summed E-state index contributed by atoms with van der Waals surface area (Å²) in [6.07, 6.45) is 7.68. The van der Waals surface area contributed by atoms with Gasteiger partial charge in [-0.05, 0) is 74.7 Å². The third kappa shape index (κ3) is 3.85. The molecule has 0 bridgehead atoms. The molecule has 1 atom stereocenters. The Morgan fingerprint density at radius 1 is 1.14 bits per heavy atom. The fourth-order valence-corrected chi connectivity index (χ4v) is 3.61. The van der Waals surface area contributed by atoms with Gasteiger partial charge in [0.15, 0.2) is 0 Å². The Morgan fingerprint density at radius 3 is 2.62 bits per heavy atom. The predicted molar refractivity (Wildman–Crippen MR) is 86.3 cm³/mol. The van der Waals surface area contributed by atoms with Crippen molar-refractivity contribution in [3.05, 3.63) is 34.9 Å². The number of fused-ring (bicyclic) bond motifs is 1. The zero-order valence-corrected chi connectivity index (χ0v) is 12.9. The van der Waals surface area contributed by atoms with E-state index in [9.17, 15) is 5.11 Å². The van der Waals surface area contributed by atoms with Crippen molar-refractivity contribution in [2.24, 2.45) is 5.73 Å². The van der Waals surface area contributed by atoms with Crippen molar-refractivity contribution in [2.45, 2.75) is 57.1 Å². The van der Waals surface area contributed by atoms with Gasteiger partial charge in [-0.3, -0.25) is 0 Å². The molecule has 1 saturated heterocycles. The van der Waals surface area contributed by atoms with Crippen molar-refractivity contribution < 1.29 is 5.11 Å². The molecular weight excluding hydrogens is 260 g/mol. The highest BCUT2D eigenvalue weighted by molar-refractivity contribution is 5.34. The summed E-state index contributed by atoms with van der Waals surface area (Å²) in [5.41, 5.74) is 9.98. The van der Waals surface area contributed by atoms with Gasteiger partial charge in [0.1, 0.15) is 0 Å².